The molecule has 0 bridgehead atoms. The fourth-order valence-corrected chi connectivity index (χ4v) is 3.15. The summed E-state index contributed by atoms with van der Waals surface area (Å²) in [5, 5.41) is 21.9. The number of nitrogens with zero attached hydrogens (tertiary/aromatic N) is 5. The number of ether oxygens (including phenoxy) is 2. The van der Waals surface area contributed by atoms with Gasteiger partial charge in [0.15, 0.2) is 28.8 Å². The van der Waals surface area contributed by atoms with Crippen LogP contribution in [0, 0.1) is 0 Å². The Morgan fingerprint density at radius 1 is 1.24 bits per heavy atom. The molecule has 174 valence electrons. The number of carboxylic acid groups (broad SMARTS) is 1. The van der Waals surface area contributed by atoms with E-state index < -0.39 is 18.5 Å². The van der Waals surface area contributed by atoms with Gasteiger partial charge in [-0.1, -0.05) is 12.1 Å². The Morgan fingerprint density at radius 3 is 2.79 bits per heavy atom. The third-order valence-corrected chi connectivity index (χ3v) is 4.62. The Kier molecular flexibility index (Phi) is 6.34. The zero-order valence-corrected chi connectivity index (χ0v) is 17.8. The molecule has 4 aromatic rings. The number of carbonyl (C=O) groups is 2. The van der Waals surface area contributed by atoms with Crippen LogP contribution in [0.3, 0.4) is 0 Å². The average Bonchev–Trinajstić information content (AvgIpc) is 3.41. The van der Waals surface area contributed by atoms with E-state index >= 15 is 0 Å². The molecule has 0 fully saturated rings. The topological polar surface area (TPSA) is 183 Å². The van der Waals surface area contributed by atoms with Gasteiger partial charge in [-0.25, -0.2) is 15.0 Å². The quantitative estimate of drug-likeness (QED) is 0.252. The van der Waals surface area contributed by atoms with E-state index in [1.807, 2.05) is 18.2 Å². The first kappa shape index (κ1) is 22.3. The van der Waals surface area contributed by atoms with Gasteiger partial charge in [-0.3, -0.25) is 4.79 Å². The fraction of sp³-hybridized carbons (Fsp3) is 0.143. The molecule has 0 aliphatic carbocycles. The van der Waals surface area contributed by atoms with E-state index in [0.717, 1.165) is 0 Å². The van der Waals surface area contributed by atoms with Gasteiger partial charge in [-0.05, 0) is 46.2 Å². The largest absolute Gasteiger partial charge is 0.546 e. The van der Waals surface area contributed by atoms with Crippen LogP contribution >= 0.6 is 0 Å². The van der Waals surface area contributed by atoms with Crippen molar-refractivity contribution >= 4 is 34.9 Å². The molecular weight excluding hydrogens is 446 g/mol. The maximum absolute atomic E-state index is 12.6. The van der Waals surface area contributed by atoms with Crippen molar-refractivity contribution in [3.63, 3.8) is 0 Å². The average molecular weight is 464 g/mol. The zero-order chi connectivity index (χ0) is 24.1. The third kappa shape index (κ3) is 4.77. The number of aliphatic carboxylic acids is 1. The Labute approximate surface area is 191 Å². The van der Waals surface area contributed by atoms with E-state index in [9.17, 15) is 14.7 Å². The minimum absolute atomic E-state index is 0.0518. The van der Waals surface area contributed by atoms with Crippen molar-refractivity contribution < 1.29 is 28.8 Å². The van der Waals surface area contributed by atoms with Gasteiger partial charge in [0, 0.05) is 0 Å². The lowest BCUT2D eigenvalue weighted by molar-refractivity contribution is -0.307. The monoisotopic (exact) mass is 464 g/mol. The smallest absolute Gasteiger partial charge is 0.260 e. The summed E-state index contributed by atoms with van der Waals surface area (Å²) in [6, 6.07) is 11.9. The molecule has 34 heavy (non-hydrogen) atoms. The first-order valence-electron chi connectivity index (χ1n) is 9.82. The standard InChI is InChI=1S/C21H19N7O6/c1-32-16-8-12(6-7-15(16)33-11-18(30)31)9-23-25-17(29)10-28-14-5-3-2-4-13(14)24-21(28)19-20(22)27-34-26-19/h2-9H,10-11H2,1H3,(H2,22,27)(H,25,29)(H,30,31)/p-1/b23-9-. The number of fused-ring (bicyclic) bond motifs is 1. The number of rotatable bonds is 9. The molecule has 0 saturated heterocycles. The van der Waals surface area contributed by atoms with Crippen molar-refractivity contribution in [3.8, 4) is 23.0 Å². The maximum atomic E-state index is 12.6. The normalized spacial score (nSPS) is 11.1. The highest BCUT2D eigenvalue weighted by Crippen LogP contribution is 2.28. The number of anilines is 1. The minimum atomic E-state index is -1.35. The summed E-state index contributed by atoms with van der Waals surface area (Å²) in [4.78, 5) is 27.7. The van der Waals surface area contributed by atoms with Crippen LogP contribution < -0.4 is 25.7 Å². The summed E-state index contributed by atoms with van der Waals surface area (Å²) in [5.74, 6) is -0.880. The molecule has 0 unspecified atom stereocenters. The highest BCUT2D eigenvalue weighted by Gasteiger charge is 2.20. The van der Waals surface area contributed by atoms with E-state index in [4.69, 9.17) is 15.2 Å². The minimum Gasteiger partial charge on any atom is -0.546 e. The van der Waals surface area contributed by atoms with Gasteiger partial charge < -0.3 is 29.7 Å². The molecule has 13 heteroatoms. The number of carbonyl (C=O) groups excluding carboxylic acids is 2. The number of methoxy groups -OCH3 is 1. The molecule has 0 atom stereocenters. The molecule has 4 rings (SSSR count). The van der Waals surface area contributed by atoms with Gasteiger partial charge in [0.05, 0.1) is 30.3 Å². The van der Waals surface area contributed by atoms with E-state index in [1.165, 1.54) is 19.4 Å². The number of hydrogen-bond acceptors (Lipinski definition) is 11. The second-order valence-electron chi connectivity index (χ2n) is 6.87. The molecule has 0 spiro atoms. The Bertz CT molecular complexity index is 1380. The van der Waals surface area contributed by atoms with Gasteiger partial charge in [0.1, 0.15) is 13.2 Å². The van der Waals surface area contributed by atoms with Crippen molar-refractivity contribution in [1.82, 2.24) is 25.3 Å². The van der Waals surface area contributed by atoms with Crippen LogP contribution in [-0.4, -0.2) is 51.7 Å². The SMILES string of the molecule is COc1cc(/C=N\NC(=O)Cn2c(-c3nonc3N)nc3ccccc32)ccc1OCC(=O)[O-]. The molecular formula is C21H18N7O6-. The lowest BCUT2D eigenvalue weighted by Gasteiger charge is -2.11. The zero-order valence-electron chi connectivity index (χ0n) is 17.8. The molecule has 3 N–H and O–H groups in total. The van der Waals surface area contributed by atoms with Crippen LogP contribution in [0.4, 0.5) is 5.82 Å². The van der Waals surface area contributed by atoms with E-state index in [0.29, 0.717) is 28.2 Å². The van der Waals surface area contributed by atoms with Crippen molar-refractivity contribution in [2.45, 2.75) is 6.54 Å². The Balaban J connectivity index is 1.49. The van der Waals surface area contributed by atoms with Crippen LogP contribution in [0.5, 0.6) is 11.5 Å². The number of hydrogen-bond donors (Lipinski definition) is 2. The van der Waals surface area contributed by atoms with Gasteiger partial charge in [-0.15, -0.1) is 0 Å². The highest BCUT2D eigenvalue weighted by molar-refractivity contribution is 5.86. The van der Waals surface area contributed by atoms with Crippen molar-refractivity contribution in [2.75, 3.05) is 19.5 Å². The van der Waals surface area contributed by atoms with E-state index in [2.05, 4.69) is 30.5 Å². The molecule has 2 aromatic heterocycles. The van der Waals surface area contributed by atoms with Crippen LogP contribution in [0.15, 0.2) is 52.2 Å². The van der Waals surface area contributed by atoms with Crippen LogP contribution in [0.2, 0.25) is 0 Å². The first-order chi connectivity index (χ1) is 16.5. The Morgan fingerprint density at radius 2 is 2.06 bits per heavy atom. The highest BCUT2D eigenvalue weighted by atomic mass is 16.6. The molecule has 1 amide bonds. The number of hydrazone groups is 1. The number of amides is 1. The number of imidazole rings is 1. The third-order valence-electron chi connectivity index (χ3n) is 4.62. The lowest BCUT2D eigenvalue weighted by Crippen LogP contribution is -2.29. The van der Waals surface area contributed by atoms with Crippen LogP contribution in [0.25, 0.3) is 22.6 Å². The number of nitrogens with one attached hydrogen (secondary N) is 1. The fourth-order valence-electron chi connectivity index (χ4n) is 3.15. The number of para-hydroxylation sites is 2. The Hall–Kier alpha value is -4.94. The van der Waals surface area contributed by atoms with E-state index in [-0.39, 0.29) is 23.8 Å². The van der Waals surface area contributed by atoms with Gasteiger partial charge in [0.25, 0.3) is 5.91 Å². The number of aromatic nitrogens is 4. The summed E-state index contributed by atoms with van der Waals surface area (Å²) in [6.45, 7) is -0.736. The second-order valence-corrected chi connectivity index (χ2v) is 6.87. The van der Waals surface area contributed by atoms with Gasteiger partial charge >= 0.3 is 0 Å². The lowest BCUT2D eigenvalue weighted by atomic mass is 10.2. The predicted molar refractivity (Wildman–Crippen MR) is 117 cm³/mol. The molecule has 13 nitrogen and oxygen atoms in total. The van der Waals surface area contributed by atoms with E-state index in [1.54, 1.807) is 22.8 Å². The maximum Gasteiger partial charge on any atom is 0.260 e. The summed E-state index contributed by atoms with van der Waals surface area (Å²) in [5.41, 5.74) is 10.4. The molecule has 0 saturated carbocycles. The summed E-state index contributed by atoms with van der Waals surface area (Å²) < 4.78 is 16.6. The first-order valence-corrected chi connectivity index (χ1v) is 9.82. The van der Waals surface area contributed by atoms with Crippen molar-refractivity contribution in [2.24, 2.45) is 5.10 Å². The predicted octanol–water partition coefficient (Wildman–Crippen LogP) is -0.0439. The second kappa shape index (κ2) is 9.68. The molecule has 0 radical (unpaired) electrons. The van der Waals surface area contributed by atoms with Gasteiger partial charge in [0.2, 0.25) is 0 Å². The number of nitrogens with two attached hydrogens (primary N) is 1. The number of nitrogen functional groups attached to an aromatic ring is 1. The summed E-state index contributed by atoms with van der Waals surface area (Å²) >= 11 is 0. The van der Waals surface area contributed by atoms with Crippen molar-refractivity contribution in [1.29, 1.82) is 0 Å². The molecule has 2 aromatic carbocycles. The van der Waals surface area contributed by atoms with Gasteiger partial charge in [-0.2, -0.15) is 5.10 Å². The number of carboxylic acids is 1. The molecule has 2 heterocycles. The summed E-state index contributed by atoms with van der Waals surface area (Å²) in [6.07, 6.45) is 1.40. The molecule has 0 aliphatic heterocycles. The number of benzene rings is 2. The summed E-state index contributed by atoms with van der Waals surface area (Å²) in [7, 11) is 1.41. The van der Waals surface area contributed by atoms with Crippen molar-refractivity contribution in [3.05, 3.63) is 48.0 Å². The molecule has 0 aliphatic rings. The van der Waals surface area contributed by atoms with Crippen LogP contribution in [-0.2, 0) is 16.1 Å². The van der Waals surface area contributed by atoms with Crippen LogP contribution in [0.1, 0.15) is 5.56 Å².